The fourth-order valence-electron chi connectivity index (χ4n) is 0.347. The van der Waals surface area contributed by atoms with Gasteiger partial charge in [0.25, 0.3) is 0 Å². The molecule has 0 aliphatic heterocycles. The summed E-state index contributed by atoms with van der Waals surface area (Å²) in [4.78, 5) is 20.6. The molecule has 0 bridgehead atoms. The first-order valence-electron chi connectivity index (χ1n) is 2.60. The summed E-state index contributed by atoms with van der Waals surface area (Å²) in [7, 11) is 0. The van der Waals surface area contributed by atoms with E-state index in [0.29, 0.717) is 0 Å². The Morgan fingerprint density at radius 1 is 1.30 bits per heavy atom. The van der Waals surface area contributed by atoms with Gasteiger partial charge in [-0.25, -0.2) is 0 Å². The Morgan fingerprint density at radius 2 is 1.80 bits per heavy atom. The summed E-state index contributed by atoms with van der Waals surface area (Å²) in [5, 5.41) is 24.7. The molecule has 58 valence electrons. The van der Waals surface area contributed by atoms with Crippen LogP contribution in [0.5, 0.6) is 0 Å². The van der Waals surface area contributed by atoms with E-state index in [1.165, 1.54) is 0 Å². The van der Waals surface area contributed by atoms with Gasteiger partial charge in [0.15, 0.2) is 0 Å². The van der Waals surface area contributed by atoms with Gasteiger partial charge in [-0.3, -0.25) is 9.59 Å². The summed E-state index contributed by atoms with van der Waals surface area (Å²) in [6, 6.07) is 0. The number of hydrogen-bond donors (Lipinski definition) is 3. The molecule has 0 saturated heterocycles. The van der Waals surface area contributed by atoms with Crippen LogP contribution in [0.15, 0.2) is 0 Å². The molecule has 5 heteroatoms. The lowest BCUT2D eigenvalue weighted by molar-refractivity contribution is -0.144. The summed E-state index contributed by atoms with van der Waals surface area (Å²) < 4.78 is 0. The number of hydrogen-bond acceptors (Lipinski definition) is 5. The SMILES string of the molecule is O=C(CO)C(=O)[C@H](O)CO. The molecule has 0 aromatic heterocycles. The van der Waals surface area contributed by atoms with Crippen LogP contribution in [0.2, 0.25) is 0 Å². The Kier molecular flexibility index (Phi) is 3.78. The van der Waals surface area contributed by atoms with Gasteiger partial charge in [0, 0.05) is 0 Å². The van der Waals surface area contributed by atoms with Crippen molar-refractivity contribution >= 4 is 11.6 Å². The molecule has 0 radical (unpaired) electrons. The van der Waals surface area contributed by atoms with Gasteiger partial charge in [0.1, 0.15) is 12.7 Å². The van der Waals surface area contributed by atoms with Gasteiger partial charge < -0.3 is 15.3 Å². The number of rotatable bonds is 4. The van der Waals surface area contributed by atoms with Gasteiger partial charge in [-0.05, 0) is 0 Å². The van der Waals surface area contributed by atoms with E-state index < -0.39 is 30.9 Å². The zero-order chi connectivity index (χ0) is 8.15. The van der Waals surface area contributed by atoms with Crippen LogP contribution >= 0.6 is 0 Å². The van der Waals surface area contributed by atoms with Gasteiger partial charge in [-0.1, -0.05) is 0 Å². The molecule has 10 heavy (non-hydrogen) atoms. The average molecular weight is 148 g/mol. The van der Waals surface area contributed by atoms with Crippen LogP contribution < -0.4 is 0 Å². The van der Waals surface area contributed by atoms with E-state index in [1.807, 2.05) is 0 Å². The van der Waals surface area contributed by atoms with E-state index >= 15 is 0 Å². The molecular weight excluding hydrogens is 140 g/mol. The topological polar surface area (TPSA) is 94.8 Å². The van der Waals surface area contributed by atoms with Crippen LogP contribution in [0.1, 0.15) is 0 Å². The zero-order valence-corrected chi connectivity index (χ0v) is 5.15. The molecule has 0 fully saturated rings. The molecule has 0 amide bonds. The van der Waals surface area contributed by atoms with Crippen molar-refractivity contribution in [1.82, 2.24) is 0 Å². The molecule has 0 aromatic rings. The van der Waals surface area contributed by atoms with Crippen LogP contribution in [-0.4, -0.2) is 46.2 Å². The van der Waals surface area contributed by atoms with Crippen LogP contribution in [0.3, 0.4) is 0 Å². The van der Waals surface area contributed by atoms with Crippen LogP contribution in [0, 0.1) is 0 Å². The molecule has 0 aliphatic rings. The number of carbonyl (C=O) groups is 2. The van der Waals surface area contributed by atoms with Gasteiger partial charge in [0.2, 0.25) is 11.6 Å². The van der Waals surface area contributed by atoms with Crippen molar-refractivity contribution in [3.8, 4) is 0 Å². The van der Waals surface area contributed by atoms with Crippen LogP contribution in [0.25, 0.3) is 0 Å². The first kappa shape index (κ1) is 9.22. The highest BCUT2D eigenvalue weighted by atomic mass is 16.3. The number of ketones is 2. The second-order valence-electron chi connectivity index (χ2n) is 1.64. The lowest BCUT2D eigenvalue weighted by Gasteiger charge is -2.01. The average Bonchev–Trinajstić information content (AvgIpc) is 2.00. The third-order valence-electron chi connectivity index (χ3n) is 0.894. The minimum Gasteiger partial charge on any atom is -0.393 e. The minimum atomic E-state index is -1.69. The fraction of sp³-hybridized carbons (Fsp3) is 0.600. The van der Waals surface area contributed by atoms with E-state index in [1.54, 1.807) is 0 Å². The second kappa shape index (κ2) is 4.10. The van der Waals surface area contributed by atoms with Crippen molar-refractivity contribution in [2.45, 2.75) is 6.10 Å². The van der Waals surface area contributed by atoms with Gasteiger partial charge in [-0.15, -0.1) is 0 Å². The Hall–Kier alpha value is -0.780. The number of aliphatic hydroxyl groups excluding tert-OH is 3. The molecule has 0 unspecified atom stereocenters. The predicted octanol–water partition coefficient (Wildman–Crippen LogP) is -2.53. The smallest absolute Gasteiger partial charge is 0.231 e. The van der Waals surface area contributed by atoms with E-state index in [9.17, 15) is 9.59 Å². The Balaban J connectivity index is 3.95. The highest BCUT2D eigenvalue weighted by Crippen LogP contribution is 1.85. The predicted molar refractivity (Wildman–Crippen MR) is 30.2 cm³/mol. The summed E-state index contributed by atoms with van der Waals surface area (Å²) in [5.41, 5.74) is 0. The monoisotopic (exact) mass is 148 g/mol. The van der Waals surface area contributed by atoms with E-state index in [0.717, 1.165) is 0 Å². The number of carbonyl (C=O) groups excluding carboxylic acids is 2. The van der Waals surface area contributed by atoms with Crippen LogP contribution in [0.4, 0.5) is 0 Å². The molecule has 0 aliphatic carbocycles. The quantitative estimate of drug-likeness (QED) is 0.382. The highest BCUT2D eigenvalue weighted by Gasteiger charge is 2.20. The molecular formula is C5H8O5. The summed E-state index contributed by atoms with van der Waals surface area (Å²) >= 11 is 0. The Morgan fingerprint density at radius 3 is 2.10 bits per heavy atom. The normalized spacial score (nSPS) is 12.7. The minimum absolute atomic E-state index is 0.801. The van der Waals surface area contributed by atoms with Crippen molar-refractivity contribution in [2.24, 2.45) is 0 Å². The van der Waals surface area contributed by atoms with Crippen molar-refractivity contribution in [3.63, 3.8) is 0 Å². The molecule has 3 N–H and O–H groups in total. The van der Waals surface area contributed by atoms with Gasteiger partial charge in [0.05, 0.1) is 6.61 Å². The molecule has 0 rings (SSSR count). The maximum Gasteiger partial charge on any atom is 0.231 e. The molecule has 0 spiro atoms. The van der Waals surface area contributed by atoms with Crippen molar-refractivity contribution < 1.29 is 24.9 Å². The first-order chi connectivity index (χ1) is 4.63. The lowest BCUT2D eigenvalue weighted by Crippen LogP contribution is -2.32. The molecule has 0 heterocycles. The second-order valence-corrected chi connectivity index (χ2v) is 1.64. The molecule has 0 aromatic carbocycles. The highest BCUT2D eigenvalue weighted by molar-refractivity contribution is 6.39. The van der Waals surface area contributed by atoms with Crippen molar-refractivity contribution in [3.05, 3.63) is 0 Å². The third kappa shape index (κ3) is 2.22. The first-order valence-corrected chi connectivity index (χ1v) is 2.60. The summed E-state index contributed by atoms with van der Waals surface area (Å²) in [6.45, 7) is -1.74. The van der Waals surface area contributed by atoms with E-state index in [2.05, 4.69) is 0 Å². The maximum atomic E-state index is 10.4. The van der Waals surface area contributed by atoms with E-state index in [4.69, 9.17) is 15.3 Å². The van der Waals surface area contributed by atoms with Crippen molar-refractivity contribution in [1.29, 1.82) is 0 Å². The lowest BCUT2D eigenvalue weighted by atomic mass is 10.2. The summed E-state index contributed by atoms with van der Waals surface area (Å²) in [6.07, 6.45) is -1.69. The summed E-state index contributed by atoms with van der Waals surface area (Å²) in [5.74, 6) is -2.26. The fourth-order valence-corrected chi connectivity index (χ4v) is 0.347. The molecule has 0 saturated carbocycles. The van der Waals surface area contributed by atoms with Crippen LogP contribution in [-0.2, 0) is 9.59 Å². The zero-order valence-electron chi connectivity index (χ0n) is 5.15. The Labute approximate surface area is 56.9 Å². The van der Waals surface area contributed by atoms with E-state index in [-0.39, 0.29) is 0 Å². The standard InChI is InChI=1S/C5H8O5/c6-1-3(8)5(10)4(9)2-7/h3,6-8H,1-2H2/t3-/m1/s1. The largest absolute Gasteiger partial charge is 0.393 e. The third-order valence-corrected chi connectivity index (χ3v) is 0.894. The number of aliphatic hydroxyl groups is 3. The van der Waals surface area contributed by atoms with Crippen molar-refractivity contribution in [2.75, 3.05) is 13.2 Å². The van der Waals surface area contributed by atoms with Gasteiger partial charge >= 0.3 is 0 Å². The Bertz CT molecular complexity index is 141. The molecule has 1 atom stereocenters. The maximum absolute atomic E-state index is 10.4. The number of Topliss-reactive ketones (excluding diaryl/α,β-unsaturated/α-hetero) is 2. The van der Waals surface area contributed by atoms with Gasteiger partial charge in [-0.2, -0.15) is 0 Å². The molecule has 5 nitrogen and oxygen atoms in total.